The van der Waals surface area contributed by atoms with Gasteiger partial charge >= 0.3 is 0 Å². The first-order valence-corrected chi connectivity index (χ1v) is 11.7. The molecule has 0 saturated carbocycles. The fourth-order valence-electron chi connectivity index (χ4n) is 2.31. The summed E-state index contributed by atoms with van der Waals surface area (Å²) in [6, 6.07) is 8.20. The van der Waals surface area contributed by atoms with Gasteiger partial charge in [0.25, 0.3) is 5.22 Å². The highest BCUT2D eigenvalue weighted by Gasteiger charge is 2.19. The molecule has 28 heavy (non-hydrogen) atoms. The van der Waals surface area contributed by atoms with Crippen molar-refractivity contribution in [3.63, 3.8) is 0 Å². The lowest BCUT2D eigenvalue weighted by Gasteiger charge is -2.15. The van der Waals surface area contributed by atoms with Crippen LogP contribution in [-0.4, -0.2) is 55.4 Å². The molecule has 3 rings (SSSR count). The molecule has 2 heterocycles. The van der Waals surface area contributed by atoms with Gasteiger partial charge in [-0.15, -0.1) is 11.3 Å². The third-order valence-corrected chi connectivity index (χ3v) is 7.72. The normalized spacial score (nSPS) is 12.0. The summed E-state index contributed by atoms with van der Waals surface area (Å²) in [7, 11) is 1.11. The fraction of sp³-hybridized carbons (Fsp3) is 0.294. The Hall–Kier alpha value is -1.59. The molecule has 2 aromatic heterocycles. The number of thiophene rings is 1. The van der Waals surface area contributed by atoms with Crippen LogP contribution in [0.3, 0.4) is 0 Å². The SMILES string of the molecule is CN(Cc1ccc(Cl)s1)C(=O)CSc1nc2cc(S(=O)(=O)N(C)C)ccc2o1. The second-order valence-corrected chi connectivity index (χ2v) is 11.0. The van der Waals surface area contributed by atoms with Gasteiger partial charge < -0.3 is 9.32 Å². The van der Waals surface area contributed by atoms with Gasteiger partial charge in [-0.05, 0) is 30.3 Å². The quantitative estimate of drug-likeness (QED) is 0.502. The van der Waals surface area contributed by atoms with Crippen LogP contribution in [0.15, 0.2) is 44.9 Å². The van der Waals surface area contributed by atoms with Gasteiger partial charge in [0.05, 0.1) is 21.5 Å². The molecule has 0 aliphatic carbocycles. The Labute approximate surface area is 176 Å². The highest BCUT2D eigenvalue weighted by Crippen LogP contribution is 2.27. The van der Waals surface area contributed by atoms with E-state index in [1.54, 1.807) is 24.1 Å². The van der Waals surface area contributed by atoms with Crippen molar-refractivity contribution in [1.82, 2.24) is 14.2 Å². The average Bonchev–Trinajstić information content (AvgIpc) is 3.24. The molecule has 0 aliphatic rings. The molecule has 0 aliphatic heterocycles. The molecule has 0 N–H and O–H groups in total. The molecule has 0 unspecified atom stereocenters. The van der Waals surface area contributed by atoms with Gasteiger partial charge in [0, 0.05) is 26.0 Å². The molecule has 3 aromatic rings. The lowest BCUT2D eigenvalue weighted by Crippen LogP contribution is -2.27. The molecular weight excluding hydrogens is 442 g/mol. The minimum absolute atomic E-state index is 0.0762. The van der Waals surface area contributed by atoms with E-state index >= 15 is 0 Å². The van der Waals surface area contributed by atoms with Crippen LogP contribution in [0.25, 0.3) is 11.1 Å². The van der Waals surface area contributed by atoms with Crippen molar-refractivity contribution in [2.45, 2.75) is 16.7 Å². The molecule has 7 nitrogen and oxygen atoms in total. The van der Waals surface area contributed by atoms with E-state index < -0.39 is 10.0 Å². The van der Waals surface area contributed by atoms with Crippen molar-refractivity contribution in [2.75, 3.05) is 26.9 Å². The van der Waals surface area contributed by atoms with Gasteiger partial charge in [-0.25, -0.2) is 17.7 Å². The summed E-state index contributed by atoms with van der Waals surface area (Å²) in [5.41, 5.74) is 0.897. The maximum atomic E-state index is 12.3. The van der Waals surface area contributed by atoms with E-state index in [9.17, 15) is 13.2 Å². The summed E-state index contributed by atoms with van der Waals surface area (Å²) in [6.07, 6.45) is 0. The molecule has 1 amide bonds. The molecule has 0 saturated heterocycles. The van der Waals surface area contributed by atoms with Crippen LogP contribution in [0, 0.1) is 0 Å². The van der Waals surface area contributed by atoms with E-state index in [-0.39, 0.29) is 16.6 Å². The van der Waals surface area contributed by atoms with Crippen molar-refractivity contribution >= 4 is 61.7 Å². The van der Waals surface area contributed by atoms with E-state index in [0.29, 0.717) is 27.2 Å². The maximum absolute atomic E-state index is 12.3. The second kappa shape index (κ2) is 8.42. The zero-order valence-corrected chi connectivity index (χ0v) is 18.6. The standard InChI is InChI=1S/C17H18ClN3O4S3/c1-20(2)28(23,24)12-5-6-14-13(8-12)19-17(25-14)26-10-16(22)21(3)9-11-4-7-15(18)27-11/h4-8H,9-10H2,1-3H3. The van der Waals surface area contributed by atoms with E-state index in [0.717, 1.165) is 9.18 Å². The molecule has 0 fully saturated rings. The van der Waals surface area contributed by atoms with E-state index in [4.69, 9.17) is 16.0 Å². The van der Waals surface area contributed by atoms with Crippen LogP contribution in [0.2, 0.25) is 4.34 Å². The predicted octanol–water partition coefficient (Wildman–Crippen LogP) is 3.54. The third kappa shape index (κ3) is 4.69. The average molecular weight is 460 g/mol. The first-order chi connectivity index (χ1) is 13.2. The Balaban J connectivity index is 1.66. The highest BCUT2D eigenvalue weighted by atomic mass is 35.5. The van der Waals surface area contributed by atoms with Crippen LogP contribution in [0.5, 0.6) is 0 Å². The van der Waals surface area contributed by atoms with Gasteiger partial charge in [0.2, 0.25) is 15.9 Å². The second-order valence-electron chi connectivity index (χ2n) is 6.14. The van der Waals surface area contributed by atoms with E-state index in [1.165, 1.54) is 49.3 Å². The number of hydrogen-bond donors (Lipinski definition) is 0. The van der Waals surface area contributed by atoms with Crippen LogP contribution in [-0.2, 0) is 21.4 Å². The number of thioether (sulfide) groups is 1. The zero-order valence-electron chi connectivity index (χ0n) is 15.4. The topological polar surface area (TPSA) is 83.7 Å². The summed E-state index contributed by atoms with van der Waals surface area (Å²) in [5, 5.41) is 0.315. The van der Waals surface area contributed by atoms with Crippen LogP contribution < -0.4 is 0 Å². The van der Waals surface area contributed by atoms with Gasteiger partial charge in [-0.3, -0.25) is 4.79 Å². The fourth-order valence-corrected chi connectivity index (χ4v) is 5.15. The molecule has 0 bridgehead atoms. The minimum Gasteiger partial charge on any atom is -0.431 e. The smallest absolute Gasteiger partial charge is 0.257 e. The number of sulfonamides is 1. The van der Waals surface area contributed by atoms with Gasteiger partial charge in [0.1, 0.15) is 5.52 Å². The number of aromatic nitrogens is 1. The van der Waals surface area contributed by atoms with Crippen molar-refractivity contribution in [1.29, 1.82) is 0 Å². The Kier molecular flexibility index (Phi) is 6.35. The molecule has 0 spiro atoms. The summed E-state index contributed by atoms with van der Waals surface area (Å²) in [5.74, 6) is 0.0818. The first kappa shape index (κ1) is 21.1. The number of carbonyl (C=O) groups excluding carboxylic acids is 1. The predicted molar refractivity (Wildman–Crippen MR) is 111 cm³/mol. The Morgan fingerprint density at radius 1 is 1.25 bits per heavy atom. The number of hydrogen-bond acceptors (Lipinski definition) is 7. The molecular formula is C17H18ClN3O4S3. The molecule has 150 valence electrons. The molecule has 11 heteroatoms. The molecule has 1 aromatic carbocycles. The summed E-state index contributed by atoms with van der Waals surface area (Å²) >= 11 is 8.51. The highest BCUT2D eigenvalue weighted by molar-refractivity contribution is 7.99. The summed E-state index contributed by atoms with van der Waals surface area (Å²) in [6.45, 7) is 0.482. The van der Waals surface area contributed by atoms with Crippen LogP contribution in [0.1, 0.15) is 4.88 Å². The number of rotatable bonds is 7. The van der Waals surface area contributed by atoms with Crippen LogP contribution >= 0.6 is 34.7 Å². The Morgan fingerprint density at radius 3 is 2.64 bits per heavy atom. The Bertz CT molecular complexity index is 1110. The van der Waals surface area contributed by atoms with Crippen molar-refractivity contribution in [3.05, 3.63) is 39.5 Å². The Morgan fingerprint density at radius 2 is 2.00 bits per heavy atom. The number of oxazole rings is 1. The molecule has 0 radical (unpaired) electrons. The van der Waals surface area contributed by atoms with Crippen molar-refractivity contribution in [3.8, 4) is 0 Å². The van der Waals surface area contributed by atoms with Crippen molar-refractivity contribution < 1.29 is 17.6 Å². The largest absolute Gasteiger partial charge is 0.431 e. The van der Waals surface area contributed by atoms with Gasteiger partial charge in [0.15, 0.2) is 5.58 Å². The minimum atomic E-state index is -3.55. The maximum Gasteiger partial charge on any atom is 0.257 e. The van der Waals surface area contributed by atoms with E-state index in [1.807, 2.05) is 6.07 Å². The summed E-state index contributed by atoms with van der Waals surface area (Å²) in [4.78, 5) is 19.4. The number of carbonyl (C=O) groups is 1. The first-order valence-electron chi connectivity index (χ1n) is 8.11. The van der Waals surface area contributed by atoms with Gasteiger partial charge in [-0.2, -0.15) is 0 Å². The zero-order chi connectivity index (χ0) is 20.5. The van der Waals surface area contributed by atoms with Crippen molar-refractivity contribution in [2.24, 2.45) is 0 Å². The lowest BCUT2D eigenvalue weighted by atomic mass is 10.3. The van der Waals surface area contributed by atoms with E-state index in [2.05, 4.69) is 4.98 Å². The lowest BCUT2D eigenvalue weighted by molar-refractivity contribution is -0.127. The summed E-state index contributed by atoms with van der Waals surface area (Å²) < 4.78 is 31.9. The number of nitrogens with zero attached hydrogens (tertiary/aromatic N) is 3. The van der Waals surface area contributed by atoms with Crippen LogP contribution in [0.4, 0.5) is 0 Å². The third-order valence-electron chi connectivity index (χ3n) is 3.88. The number of halogens is 1. The monoisotopic (exact) mass is 459 g/mol. The number of fused-ring (bicyclic) bond motifs is 1. The number of benzene rings is 1. The molecule has 0 atom stereocenters. The van der Waals surface area contributed by atoms with Gasteiger partial charge in [-0.1, -0.05) is 23.4 Å². The number of amides is 1.